The van der Waals surface area contributed by atoms with Crippen LogP contribution < -0.4 is 0 Å². The van der Waals surface area contributed by atoms with Crippen LogP contribution in [0.2, 0.25) is 0 Å². The minimum atomic E-state index is -0.673. The van der Waals surface area contributed by atoms with Crippen LogP contribution in [0.25, 0.3) is 21.9 Å². The predicted octanol–water partition coefficient (Wildman–Crippen LogP) is 4.99. The zero-order valence-corrected chi connectivity index (χ0v) is 24.1. The number of hydrogen-bond donors (Lipinski definition) is 0. The summed E-state index contributed by atoms with van der Waals surface area (Å²) in [5, 5.41) is 2.29. The molecule has 1 aliphatic carbocycles. The van der Waals surface area contributed by atoms with E-state index in [1.165, 1.54) is 5.39 Å². The van der Waals surface area contributed by atoms with Crippen LogP contribution in [-0.2, 0) is 9.59 Å². The fraction of sp³-hybridized carbons (Fsp3) is 0.471. The van der Waals surface area contributed by atoms with Gasteiger partial charge in [0.15, 0.2) is 0 Å². The van der Waals surface area contributed by atoms with Crippen molar-refractivity contribution in [3.63, 3.8) is 0 Å². The Morgan fingerprint density at radius 3 is 2.39 bits per heavy atom. The molecule has 1 spiro atoms. The number of likely N-dealkylation sites (tertiary alicyclic amines) is 2. The van der Waals surface area contributed by atoms with Crippen molar-refractivity contribution in [2.75, 3.05) is 32.7 Å². The minimum Gasteiger partial charge on any atom is -0.342 e. The number of hydrogen-bond acceptors (Lipinski definition) is 5. The highest BCUT2D eigenvalue weighted by molar-refractivity contribution is 6.15. The molecule has 7 nitrogen and oxygen atoms in total. The van der Waals surface area contributed by atoms with Crippen LogP contribution in [0.3, 0.4) is 0 Å². The summed E-state index contributed by atoms with van der Waals surface area (Å²) in [5.74, 6) is 1.79. The van der Waals surface area contributed by atoms with Crippen LogP contribution in [-0.4, -0.2) is 81.6 Å². The van der Waals surface area contributed by atoms with Gasteiger partial charge in [-0.15, -0.1) is 0 Å². The number of fused-ring (bicyclic) bond motifs is 1. The van der Waals surface area contributed by atoms with Gasteiger partial charge in [0, 0.05) is 68.0 Å². The normalized spacial score (nSPS) is 22.8. The molecule has 2 saturated heterocycles. The second kappa shape index (κ2) is 10.4. The van der Waals surface area contributed by atoms with Gasteiger partial charge >= 0.3 is 0 Å². The summed E-state index contributed by atoms with van der Waals surface area (Å²) in [4.78, 5) is 42.8. The maximum atomic E-state index is 14.2. The SMILES string of the molecule is CC(C)N1CCC2(CC1)N=C(c1ccc(-c3ccc4cnccc4c3)cc1)N(C[C@@H]1CCN(C(=O)C3CC3)C1)C2=O. The van der Waals surface area contributed by atoms with Crippen molar-refractivity contribution in [3.8, 4) is 11.1 Å². The first-order chi connectivity index (χ1) is 19.9. The van der Waals surface area contributed by atoms with E-state index in [1.54, 1.807) is 0 Å². The Bertz CT molecular complexity index is 1500. The summed E-state index contributed by atoms with van der Waals surface area (Å²) in [6.45, 7) is 8.39. The van der Waals surface area contributed by atoms with Gasteiger partial charge in [0.25, 0.3) is 5.91 Å². The molecule has 7 heteroatoms. The summed E-state index contributed by atoms with van der Waals surface area (Å²) in [6.07, 6.45) is 8.23. The lowest BCUT2D eigenvalue weighted by atomic mass is 9.87. The van der Waals surface area contributed by atoms with E-state index in [1.807, 2.05) is 28.3 Å². The molecule has 1 atom stereocenters. The van der Waals surface area contributed by atoms with Crippen LogP contribution in [0.4, 0.5) is 0 Å². The molecule has 3 aliphatic heterocycles. The number of aromatic nitrogens is 1. The molecule has 2 aromatic carbocycles. The van der Waals surface area contributed by atoms with Gasteiger partial charge in [0.1, 0.15) is 11.4 Å². The quantitative estimate of drug-likeness (QED) is 0.434. The molecular weight excluding hydrogens is 510 g/mol. The van der Waals surface area contributed by atoms with E-state index in [2.05, 4.69) is 66.2 Å². The second-order valence-corrected chi connectivity index (χ2v) is 12.7. The number of aliphatic imine (C=N–C) groups is 1. The van der Waals surface area contributed by atoms with E-state index in [9.17, 15) is 9.59 Å². The number of amidine groups is 1. The molecule has 41 heavy (non-hydrogen) atoms. The lowest BCUT2D eigenvalue weighted by Crippen LogP contribution is -2.52. The third-order valence-electron chi connectivity index (χ3n) is 9.66. The van der Waals surface area contributed by atoms with Gasteiger partial charge in [-0.05, 0) is 80.5 Å². The fourth-order valence-electron chi connectivity index (χ4n) is 6.89. The maximum Gasteiger partial charge on any atom is 0.256 e. The number of piperidine rings is 1. The van der Waals surface area contributed by atoms with Crippen LogP contribution in [0.1, 0.15) is 51.5 Å². The standard InChI is InChI=1S/C34H39N5O2/c1-23(2)37-17-13-34(14-18-37)33(41)39(22-24-12-16-38(21-24)32(40)27-7-8-27)31(36-34)26-5-3-25(4-6-26)28-9-10-30-20-35-15-11-29(30)19-28/h3-6,9-11,15,19-20,23-24,27H,7-8,12-14,16-18,21-22H2,1-2H3/t24-/m1/s1. The summed E-state index contributed by atoms with van der Waals surface area (Å²) < 4.78 is 0. The van der Waals surface area contributed by atoms with Gasteiger partial charge in [-0.1, -0.05) is 36.4 Å². The summed E-state index contributed by atoms with van der Waals surface area (Å²) in [5.41, 5.74) is 2.60. The van der Waals surface area contributed by atoms with Crippen LogP contribution in [0.5, 0.6) is 0 Å². The Morgan fingerprint density at radius 2 is 1.66 bits per heavy atom. The molecule has 7 rings (SSSR count). The van der Waals surface area contributed by atoms with Crippen LogP contribution >= 0.6 is 0 Å². The third kappa shape index (κ3) is 4.94. The first kappa shape index (κ1) is 26.3. The highest BCUT2D eigenvalue weighted by atomic mass is 16.2. The Labute approximate surface area is 242 Å². The number of nitrogens with zero attached hydrogens (tertiary/aromatic N) is 5. The Kier molecular flexibility index (Phi) is 6.65. The maximum absolute atomic E-state index is 14.2. The minimum absolute atomic E-state index is 0.148. The predicted molar refractivity (Wildman–Crippen MR) is 162 cm³/mol. The highest BCUT2D eigenvalue weighted by Crippen LogP contribution is 2.38. The van der Waals surface area contributed by atoms with E-state index in [-0.39, 0.29) is 17.7 Å². The molecule has 0 bridgehead atoms. The number of benzene rings is 2. The van der Waals surface area contributed by atoms with Crippen molar-refractivity contribution in [3.05, 3.63) is 66.5 Å². The summed E-state index contributed by atoms with van der Waals surface area (Å²) in [7, 11) is 0. The summed E-state index contributed by atoms with van der Waals surface area (Å²) >= 11 is 0. The summed E-state index contributed by atoms with van der Waals surface area (Å²) in [6, 6.07) is 17.5. The van der Waals surface area contributed by atoms with Crippen molar-refractivity contribution in [1.82, 2.24) is 19.7 Å². The fourth-order valence-corrected chi connectivity index (χ4v) is 6.89. The Hall–Kier alpha value is -3.58. The van der Waals surface area contributed by atoms with Gasteiger partial charge in [0.05, 0.1) is 0 Å². The Morgan fingerprint density at radius 1 is 0.927 bits per heavy atom. The van der Waals surface area contributed by atoms with Crippen LogP contribution in [0, 0.1) is 11.8 Å². The van der Waals surface area contributed by atoms with Gasteiger partial charge in [-0.25, -0.2) is 0 Å². The largest absolute Gasteiger partial charge is 0.342 e. The Balaban J connectivity index is 1.16. The molecule has 3 fully saturated rings. The van der Waals surface area contributed by atoms with E-state index < -0.39 is 5.54 Å². The van der Waals surface area contributed by atoms with Crippen LogP contribution in [0.15, 0.2) is 65.9 Å². The number of amides is 2. The number of pyridine rings is 1. The monoisotopic (exact) mass is 549 g/mol. The molecule has 2 amide bonds. The average molecular weight is 550 g/mol. The lowest BCUT2D eigenvalue weighted by molar-refractivity contribution is -0.133. The number of rotatable bonds is 6. The molecule has 1 saturated carbocycles. The first-order valence-corrected chi connectivity index (χ1v) is 15.3. The van der Waals surface area contributed by atoms with Gasteiger partial charge in [0.2, 0.25) is 5.91 Å². The third-order valence-corrected chi connectivity index (χ3v) is 9.66. The molecule has 212 valence electrons. The van der Waals surface area contributed by atoms with Crippen molar-refractivity contribution >= 4 is 28.4 Å². The van der Waals surface area contributed by atoms with E-state index >= 15 is 0 Å². The first-order valence-electron chi connectivity index (χ1n) is 15.3. The molecule has 4 heterocycles. The van der Waals surface area contributed by atoms with E-state index in [0.717, 1.165) is 86.2 Å². The van der Waals surface area contributed by atoms with E-state index in [4.69, 9.17) is 4.99 Å². The van der Waals surface area contributed by atoms with Crippen molar-refractivity contribution < 1.29 is 9.59 Å². The van der Waals surface area contributed by atoms with Crippen molar-refractivity contribution in [2.24, 2.45) is 16.8 Å². The molecule has 0 radical (unpaired) electrons. The average Bonchev–Trinajstić information content (AvgIpc) is 3.70. The van der Waals surface area contributed by atoms with Gasteiger partial charge in [-0.2, -0.15) is 0 Å². The molecular formula is C34H39N5O2. The number of carbonyl (C=O) groups excluding carboxylic acids is 2. The smallest absolute Gasteiger partial charge is 0.256 e. The lowest BCUT2D eigenvalue weighted by Gasteiger charge is -2.38. The molecule has 4 aliphatic rings. The van der Waals surface area contributed by atoms with Crippen molar-refractivity contribution in [1.29, 1.82) is 0 Å². The van der Waals surface area contributed by atoms with Crippen molar-refractivity contribution in [2.45, 2.75) is 57.5 Å². The second-order valence-electron chi connectivity index (χ2n) is 12.7. The topological polar surface area (TPSA) is 69.1 Å². The van der Waals surface area contributed by atoms with E-state index in [0.29, 0.717) is 18.5 Å². The number of carbonyl (C=O) groups is 2. The zero-order chi connectivity index (χ0) is 28.1. The molecule has 0 unspecified atom stereocenters. The van der Waals surface area contributed by atoms with Gasteiger partial charge in [-0.3, -0.25) is 24.5 Å². The highest BCUT2D eigenvalue weighted by Gasteiger charge is 2.51. The molecule has 3 aromatic rings. The molecule has 0 N–H and O–H groups in total. The van der Waals surface area contributed by atoms with Gasteiger partial charge < -0.3 is 9.80 Å². The molecule has 1 aromatic heterocycles. The zero-order valence-electron chi connectivity index (χ0n) is 24.1.